The van der Waals surface area contributed by atoms with Crippen molar-refractivity contribution in [2.24, 2.45) is 0 Å². The summed E-state index contributed by atoms with van der Waals surface area (Å²) >= 11 is 1.74. The maximum atomic E-state index is 10.9. The molecule has 0 amide bonds. The highest BCUT2D eigenvalue weighted by atomic mass is 35.5. The van der Waals surface area contributed by atoms with Gasteiger partial charge >= 0.3 is 0 Å². The van der Waals surface area contributed by atoms with Crippen molar-refractivity contribution >= 4 is 17.6 Å². The van der Waals surface area contributed by atoms with Crippen LogP contribution in [0.2, 0.25) is 0 Å². The molecule has 102 valence electrons. The van der Waals surface area contributed by atoms with E-state index in [1.54, 1.807) is 11.3 Å². The molecular weight excluding hydrogens is 278 g/mol. The first-order chi connectivity index (χ1) is 8.72. The van der Waals surface area contributed by atoms with Crippen molar-refractivity contribution in [3.63, 3.8) is 0 Å². The van der Waals surface area contributed by atoms with Crippen molar-refractivity contribution in [2.75, 3.05) is 0 Å². The highest BCUT2D eigenvalue weighted by Crippen LogP contribution is 2.16. The monoisotopic (exact) mass is 295 g/mol. The van der Waals surface area contributed by atoms with E-state index >= 15 is 0 Å². The van der Waals surface area contributed by atoms with Gasteiger partial charge in [0.05, 0.1) is 11.3 Å². The summed E-state index contributed by atoms with van der Waals surface area (Å²) in [5.41, 5.74) is 4.67. The second kappa shape index (κ2) is 7.41. The van der Waals surface area contributed by atoms with Crippen molar-refractivity contribution in [1.29, 1.82) is 0 Å². The highest BCUT2D eigenvalue weighted by Gasteiger charge is 2.23. The summed E-state index contributed by atoms with van der Waals surface area (Å²) in [4.78, 5) is 12.2. The molecule has 0 N–H and O–H groups in total. The lowest BCUT2D eigenvalue weighted by molar-refractivity contribution is -0.722. The predicted molar refractivity (Wildman–Crippen MR) is 73.9 cm³/mol. The van der Waals surface area contributed by atoms with E-state index in [0.29, 0.717) is 6.42 Å². The average molecular weight is 296 g/mol. The van der Waals surface area contributed by atoms with Crippen LogP contribution in [0.15, 0.2) is 35.8 Å². The SMILES string of the molecule is Cc1sc[n+](C(CC=O)Cc2ccccc2)c1C.[Cl-]. The fourth-order valence-corrected chi connectivity index (χ4v) is 3.01. The van der Waals surface area contributed by atoms with Gasteiger partial charge in [-0.2, -0.15) is 4.57 Å². The molecule has 0 saturated heterocycles. The number of halogens is 1. The molecule has 0 bridgehead atoms. The van der Waals surface area contributed by atoms with Gasteiger partial charge in [-0.1, -0.05) is 41.7 Å². The van der Waals surface area contributed by atoms with Gasteiger partial charge in [-0.15, -0.1) is 0 Å². The first-order valence-electron chi connectivity index (χ1n) is 6.15. The number of aryl methyl sites for hydroxylation is 1. The molecule has 1 atom stereocenters. The first kappa shape index (κ1) is 15.9. The van der Waals surface area contributed by atoms with Crippen molar-refractivity contribution in [3.8, 4) is 0 Å². The van der Waals surface area contributed by atoms with E-state index < -0.39 is 0 Å². The van der Waals surface area contributed by atoms with E-state index in [4.69, 9.17) is 0 Å². The molecule has 1 unspecified atom stereocenters. The topological polar surface area (TPSA) is 20.9 Å². The Hall–Kier alpha value is -1.19. The van der Waals surface area contributed by atoms with E-state index in [-0.39, 0.29) is 18.4 Å². The normalized spacial score (nSPS) is 11.7. The number of rotatable bonds is 5. The van der Waals surface area contributed by atoms with Gasteiger partial charge < -0.3 is 17.2 Å². The molecule has 0 aliphatic rings. The number of aldehydes is 1. The Morgan fingerprint density at radius 3 is 2.47 bits per heavy atom. The van der Waals surface area contributed by atoms with Crippen LogP contribution in [-0.2, 0) is 11.2 Å². The maximum absolute atomic E-state index is 10.9. The minimum atomic E-state index is 0. The lowest BCUT2D eigenvalue weighted by Gasteiger charge is -2.09. The summed E-state index contributed by atoms with van der Waals surface area (Å²) in [6.07, 6.45) is 2.49. The molecule has 0 saturated carbocycles. The van der Waals surface area contributed by atoms with E-state index in [2.05, 4.69) is 36.1 Å². The zero-order chi connectivity index (χ0) is 13.0. The van der Waals surface area contributed by atoms with Gasteiger partial charge in [-0.05, 0) is 12.5 Å². The standard InChI is InChI=1S/C15H18NOS.ClH/c1-12-13(2)18-11-16(12)15(8-9-17)10-14-6-4-3-5-7-14;/h3-7,9,11,15H,8,10H2,1-2H3;1H/q+1;/p-1. The van der Waals surface area contributed by atoms with Crippen molar-refractivity contribution < 1.29 is 21.8 Å². The van der Waals surface area contributed by atoms with E-state index in [0.717, 1.165) is 12.7 Å². The third-order valence-corrected chi connectivity index (χ3v) is 4.30. The summed E-state index contributed by atoms with van der Waals surface area (Å²) in [7, 11) is 0. The largest absolute Gasteiger partial charge is 1.00 e. The zero-order valence-electron chi connectivity index (χ0n) is 11.2. The fraction of sp³-hybridized carbons (Fsp3) is 0.333. The van der Waals surface area contributed by atoms with Crippen molar-refractivity contribution in [1.82, 2.24) is 0 Å². The Morgan fingerprint density at radius 2 is 1.95 bits per heavy atom. The minimum Gasteiger partial charge on any atom is -1.00 e. The van der Waals surface area contributed by atoms with Gasteiger partial charge in [0.1, 0.15) is 6.29 Å². The van der Waals surface area contributed by atoms with Crippen LogP contribution in [0.25, 0.3) is 0 Å². The molecule has 0 spiro atoms. The van der Waals surface area contributed by atoms with Crippen LogP contribution in [0.5, 0.6) is 0 Å². The molecule has 0 radical (unpaired) electrons. The van der Waals surface area contributed by atoms with Crippen LogP contribution in [0.3, 0.4) is 0 Å². The Kier molecular flexibility index (Phi) is 6.19. The number of benzene rings is 1. The molecule has 0 fully saturated rings. The van der Waals surface area contributed by atoms with Crippen LogP contribution < -0.4 is 17.0 Å². The second-order valence-electron chi connectivity index (χ2n) is 4.52. The zero-order valence-corrected chi connectivity index (χ0v) is 12.7. The summed E-state index contributed by atoms with van der Waals surface area (Å²) in [6, 6.07) is 10.6. The minimum absolute atomic E-state index is 0. The molecular formula is C15H18ClNOS. The molecule has 2 rings (SSSR count). The summed E-state index contributed by atoms with van der Waals surface area (Å²) in [6.45, 7) is 4.24. The number of carbonyl (C=O) groups excluding carboxylic acids is 1. The van der Waals surface area contributed by atoms with E-state index in [9.17, 15) is 4.79 Å². The number of aromatic nitrogens is 1. The molecule has 1 heterocycles. The Morgan fingerprint density at radius 1 is 1.26 bits per heavy atom. The van der Waals surface area contributed by atoms with Gasteiger partial charge in [0.15, 0.2) is 11.7 Å². The van der Waals surface area contributed by atoms with Crippen molar-refractivity contribution in [3.05, 3.63) is 52.0 Å². The predicted octanol–water partition coefficient (Wildman–Crippen LogP) is 0.0292. The first-order valence-corrected chi connectivity index (χ1v) is 7.03. The van der Waals surface area contributed by atoms with Crippen LogP contribution in [0.1, 0.15) is 28.6 Å². The highest BCUT2D eigenvalue weighted by molar-refractivity contribution is 7.09. The Balaban J connectivity index is 0.00000180. The summed E-state index contributed by atoms with van der Waals surface area (Å²) < 4.78 is 2.24. The maximum Gasteiger partial charge on any atom is 0.225 e. The summed E-state index contributed by atoms with van der Waals surface area (Å²) in [5.74, 6) is 0. The van der Waals surface area contributed by atoms with Gasteiger partial charge in [-0.3, -0.25) is 0 Å². The lowest BCUT2D eigenvalue weighted by Crippen LogP contribution is -3.00. The van der Waals surface area contributed by atoms with E-state index in [1.165, 1.54) is 16.1 Å². The molecule has 0 aliphatic heterocycles. The quantitative estimate of drug-likeness (QED) is 0.563. The molecule has 19 heavy (non-hydrogen) atoms. The molecule has 1 aromatic carbocycles. The van der Waals surface area contributed by atoms with Gasteiger partial charge in [0, 0.05) is 13.3 Å². The van der Waals surface area contributed by atoms with Gasteiger partial charge in [0.2, 0.25) is 5.51 Å². The van der Waals surface area contributed by atoms with Crippen LogP contribution in [0, 0.1) is 13.8 Å². The van der Waals surface area contributed by atoms with E-state index in [1.807, 2.05) is 18.2 Å². The number of hydrogen-bond acceptors (Lipinski definition) is 2. The van der Waals surface area contributed by atoms with Crippen molar-refractivity contribution in [2.45, 2.75) is 32.7 Å². The van der Waals surface area contributed by atoms with Crippen LogP contribution in [-0.4, -0.2) is 6.29 Å². The molecule has 4 heteroatoms. The van der Waals surface area contributed by atoms with Crippen LogP contribution >= 0.6 is 11.3 Å². The number of hydrogen-bond donors (Lipinski definition) is 0. The number of carbonyl (C=O) groups is 1. The average Bonchev–Trinajstić information content (AvgIpc) is 2.71. The number of thiazole rings is 1. The van der Waals surface area contributed by atoms with Gasteiger partial charge in [0.25, 0.3) is 0 Å². The van der Waals surface area contributed by atoms with Gasteiger partial charge in [-0.25, -0.2) is 0 Å². The Labute approximate surface area is 124 Å². The fourth-order valence-electron chi connectivity index (χ4n) is 2.13. The molecule has 1 aromatic heterocycles. The molecule has 0 aliphatic carbocycles. The molecule has 2 nitrogen and oxygen atoms in total. The third kappa shape index (κ3) is 3.88. The lowest BCUT2D eigenvalue weighted by atomic mass is 10.0. The molecule has 2 aromatic rings. The second-order valence-corrected chi connectivity index (χ2v) is 5.58. The summed E-state index contributed by atoms with van der Waals surface area (Å²) in [5, 5.41) is 0. The number of nitrogens with zero attached hydrogens (tertiary/aromatic N) is 1. The third-order valence-electron chi connectivity index (χ3n) is 3.32. The Bertz CT molecular complexity index is 524. The smallest absolute Gasteiger partial charge is 0.225 e. The van der Waals surface area contributed by atoms with Crippen LogP contribution in [0.4, 0.5) is 0 Å².